The maximum Gasteiger partial charge on any atom is 0.290 e. The van der Waals surface area contributed by atoms with Crippen LogP contribution in [0.2, 0.25) is 0 Å². The molecule has 1 amide bonds. The number of aryl methyl sites for hydroxylation is 1. The van der Waals surface area contributed by atoms with Crippen LogP contribution in [0.15, 0.2) is 89.1 Å². The number of benzene rings is 2. The summed E-state index contributed by atoms with van der Waals surface area (Å²) in [5.41, 5.74) is 2.58. The van der Waals surface area contributed by atoms with E-state index in [9.17, 15) is 14.7 Å². The van der Waals surface area contributed by atoms with Gasteiger partial charge in [-0.2, -0.15) is 0 Å². The number of aromatic nitrogens is 2. The van der Waals surface area contributed by atoms with E-state index in [4.69, 9.17) is 4.42 Å². The second kappa shape index (κ2) is 9.25. The summed E-state index contributed by atoms with van der Waals surface area (Å²) in [4.78, 5) is 31.4. The largest absolute Gasteiger partial charge is 0.503 e. The van der Waals surface area contributed by atoms with Gasteiger partial charge in [0.15, 0.2) is 11.5 Å². The van der Waals surface area contributed by atoms with Gasteiger partial charge in [-0.25, -0.2) is 4.57 Å². The highest BCUT2D eigenvalue weighted by molar-refractivity contribution is 6.16. The Morgan fingerprint density at radius 1 is 1.17 bits per heavy atom. The fourth-order valence-corrected chi connectivity index (χ4v) is 4.64. The molecule has 7 heteroatoms. The van der Waals surface area contributed by atoms with Crippen LogP contribution in [-0.2, 0) is 11.3 Å². The average Bonchev–Trinajstić information content (AvgIpc) is 3.59. The summed E-state index contributed by atoms with van der Waals surface area (Å²) in [7, 11) is 0. The molecular formula is C28H28N3O4+. The van der Waals surface area contributed by atoms with Crippen LogP contribution in [0, 0.1) is 0 Å². The van der Waals surface area contributed by atoms with Gasteiger partial charge in [-0.1, -0.05) is 56.3 Å². The molecule has 0 saturated carbocycles. The van der Waals surface area contributed by atoms with Crippen molar-refractivity contribution >= 4 is 22.7 Å². The third-order valence-electron chi connectivity index (χ3n) is 6.53. The Morgan fingerprint density at radius 2 is 1.94 bits per heavy atom. The topological polar surface area (TPSA) is 90.4 Å². The number of fused-ring (bicyclic) bond motifs is 1. The Balaban J connectivity index is 1.50. The molecule has 0 saturated heterocycles. The Labute approximate surface area is 203 Å². The van der Waals surface area contributed by atoms with Crippen molar-refractivity contribution in [3.05, 3.63) is 102 Å². The minimum absolute atomic E-state index is 0.0562. The van der Waals surface area contributed by atoms with Gasteiger partial charge in [0, 0.05) is 18.4 Å². The molecule has 4 aromatic rings. The number of para-hydroxylation sites is 1. The van der Waals surface area contributed by atoms with Crippen molar-refractivity contribution < 1.29 is 23.7 Å². The van der Waals surface area contributed by atoms with E-state index < -0.39 is 23.5 Å². The Kier molecular flexibility index (Phi) is 5.99. The van der Waals surface area contributed by atoms with Gasteiger partial charge in [-0.3, -0.25) is 14.6 Å². The predicted octanol–water partition coefficient (Wildman–Crippen LogP) is 4.84. The minimum Gasteiger partial charge on any atom is -0.503 e. The SMILES string of the molecule is CC(C)c1ccc(C2C(C(=O)c3cc4ccccc4o3)=C(O)C(=O)N2CCC[n+]2cc[nH]c2)cc1. The summed E-state index contributed by atoms with van der Waals surface area (Å²) >= 11 is 0. The molecule has 2 aromatic heterocycles. The van der Waals surface area contributed by atoms with Crippen LogP contribution in [0.4, 0.5) is 0 Å². The van der Waals surface area contributed by atoms with E-state index in [1.54, 1.807) is 17.0 Å². The first-order valence-corrected chi connectivity index (χ1v) is 11.8. The first-order chi connectivity index (χ1) is 16.9. The summed E-state index contributed by atoms with van der Waals surface area (Å²) in [6, 6.07) is 16.2. The molecule has 1 unspecified atom stereocenters. The highest BCUT2D eigenvalue weighted by Crippen LogP contribution is 2.40. The normalized spacial score (nSPS) is 16.1. The number of rotatable bonds is 8. The number of carbonyl (C=O) groups is 2. The molecule has 35 heavy (non-hydrogen) atoms. The summed E-state index contributed by atoms with van der Waals surface area (Å²) in [5.74, 6) is -1.07. The molecule has 2 aromatic carbocycles. The maximum absolute atomic E-state index is 13.6. The van der Waals surface area contributed by atoms with Crippen LogP contribution < -0.4 is 4.57 Å². The van der Waals surface area contributed by atoms with Gasteiger partial charge in [-0.05, 0) is 29.2 Å². The lowest BCUT2D eigenvalue weighted by molar-refractivity contribution is -0.695. The molecule has 7 nitrogen and oxygen atoms in total. The Hall–Kier alpha value is -4.13. The van der Waals surface area contributed by atoms with Crippen molar-refractivity contribution in [1.82, 2.24) is 9.88 Å². The number of hydrogen-bond acceptors (Lipinski definition) is 4. The van der Waals surface area contributed by atoms with Crippen LogP contribution in [0.3, 0.4) is 0 Å². The number of imidazole rings is 1. The molecule has 2 N–H and O–H groups in total. The lowest BCUT2D eigenvalue weighted by Gasteiger charge is -2.26. The number of hydrogen-bond donors (Lipinski definition) is 2. The number of ketones is 1. The molecule has 3 heterocycles. The summed E-state index contributed by atoms with van der Waals surface area (Å²) in [6.07, 6.45) is 6.26. The lowest BCUT2D eigenvalue weighted by atomic mass is 9.93. The zero-order valence-electron chi connectivity index (χ0n) is 19.8. The van der Waals surface area contributed by atoms with Gasteiger partial charge in [0.05, 0.1) is 18.2 Å². The van der Waals surface area contributed by atoms with E-state index in [2.05, 4.69) is 18.8 Å². The van der Waals surface area contributed by atoms with Gasteiger partial charge in [0.2, 0.25) is 12.1 Å². The smallest absolute Gasteiger partial charge is 0.290 e. The van der Waals surface area contributed by atoms with Gasteiger partial charge < -0.3 is 14.4 Å². The summed E-state index contributed by atoms with van der Waals surface area (Å²) in [5, 5.41) is 11.7. The van der Waals surface area contributed by atoms with Crippen LogP contribution in [0.25, 0.3) is 11.0 Å². The van der Waals surface area contributed by atoms with Gasteiger partial charge in [0.25, 0.3) is 5.91 Å². The van der Waals surface area contributed by atoms with E-state index in [0.717, 1.165) is 16.5 Å². The van der Waals surface area contributed by atoms with Crippen LogP contribution in [0.1, 0.15) is 53.9 Å². The van der Waals surface area contributed by atoms with E-state index in [1.165, 1.54) is 0 Å². The summed E-state index contributed by atoms with van der Waals surface area (Å²) < 4.78 is 7.78. The van der Waals surface area contributed by atoms with E-state index in [-0.39, 0.29) is 11.3 Å². The van der Waals surface area contributed by atoms with Crippen molar-refractivity contribution in [3.63, 3.8) is 0 Å². The average molecular weight is 471 g/mol. The third-order valence-corrected chi connectivity index (χ3v) is 6.53. The fraction of sp³-hybridized carbons (Fsp3) is 0.250. The zero-order chi connectivity index (χ0) is 24.5. The number of Topliss-reactive ketones (excluding diaryl/α,β-unsaturated/α-hetero) is 1. The standard InChI is InChI=1S/C28H27N3O4/c1-18(2)19-8-10-20(11-9-19)25-24(26(32)23-16-21-6-3-4-7-22(21)35-23)27(33)28(34)31(25)14-5-13-30-15-12-29-17-30/h3-4,6-12,15-18,25H,5,13-14H2,1-2H3,(H,32,33)/p+1. The Bertz CT molecular complexity index is 1360. The molecule has 5 rings (SSSR count). The molecule has 178 valence electrons. The number of aliphatic hydroxyl groups excluding tert-OH is 1. The molecule has 0 fully saturated rings. The van der Waals surface area contributed by atoms with Gasteiger partial charge in [0.1, 0.15) is 18.0 Å². The maximum atomic E-state index is 13.6. The van der Waals surface area contributed by atoms with Crippen LogP contribution in [0.5, 0.6) is 0 Å². The van der Waals surface area contributed by atoms with Crippen molar-refractivity contribution in [1.29, 1.82) is 0 Å². The third kappa shape index (κ3) is 4.25. The number of nitrogens with zero attached hydrogens (tertiary/aromatic N) is 2. The molecule has 1 aliphatic rings. The van der Waals surface area contributed by atoms with Gasteiger partial charge >= 0.3 is 0 Å². The number of nitrogens with one attached hydrogen (secondary N) is 1. The predicted molar refractivity (Wildman–Crippen MR) is 131 cm³/mol. The molecule has 0 aliphatic carbocycles. The number of amides is 1. The zero-order valence-corrected chi connectivity index (χ0v) is 19.8. The van der Waals surface area contributed by atoms with Crippen molar-refractivity contribution in [3.8, 4) is 0 Å². The van der Waals surface area contributed by atoms with E-state index >= 15 is 0 Å². The first-order valence-electron chi connectivity index (χ1n) is 11.8. The molecule has 0 bridgehead atoms. The van der Waals surface area contributed by atoms with E-state index in [0.29, 0.717) is 31.0 Å². The molecule has 1 aliphatic heterocycles. The van der Waals surface area contributed by atoms with Crippen molar-refractivity contribution in [2.45, 2.75) is 38.8 Å². The summed E-state index contributed by atoms with van der Waals surface area (Å²) in [6.45, 7) is 5.30. The van der Waals surface area contributed by atoms with Crippen molar-refractivity contribution in [2.24, 2.45) is 0 Å². The Morgan fingerprint density at radius 3 is 2.63 bits per heavy atom. The minimum atomic E-state index is -0.694. The van der Waals surface area contributed by atoms with Crippen LogP contribution in [-0.4, -0.2) is 33.2 Å². The molecule has 1 atom stereocenters. The van der Waals surface area contributed by atoms with Gasteiger partial charge in [-0.15, -0.1) is 0 Å². The number of aliphatic hydroxyl groups is 1. The number of furan rings is 1. The number of aromatic amines is 1. The highest BCUT2D eigenvalue weighted by Gasteiger charge is 2.44. The molecule has 0 radical (unpaired) electrons. The quantitative estimate of drug-likeness (QED) is 0.285. The fourth-order valence-electron chi connectivity index (χ4n) is 4.64. The monoisotopic (exact) mass is 470 g/mol. The van der Waals surface area contributed by atoms with Crippen molar-refractivity contribution in [2.75, 3.05) is 6.54 Å². The van der Waals surface area contributed by atoms with Crippen LogP contribution >= 0.6 is 0 Å². The molecular weight excluding hydrogens is 442 g/mol. The van der Waals surface area contributed by atoms with E-state index in [1.807, 2.05) is 65.8 Å². The number of carbonyl (C=O) groups excluding carboxylic acids is 2. The second-order valence-electron chi connectivity index (χ2n) is 9.17. The number of H-pyrrole nitrogens is 1. The second-order valence-corrected chi connectivity index (χ2v) is 9.17. The molecule has 0 spiro atoms. The highest BCUT2D eigenvalue weighted by atomic mass is 16.3. The lowest BCUT2D eigenvalue weighted by Crippen LogP contribution is -2.36. The first kappa shape index (κ1) is 22.7.